The number of carboxylic acid groups (broad SMARTS) is 1. The Labute approximate surface area is 364 Å². The van der Waals surface area contributed by atoms with E-state index in [1.54, 1.807) is 31.2 Å². The molecule has 3 aliphatic heterocycles. The fourth-order valence-electron chi connectivity index (χ4n) is 11.6. The third-order valence-corrected chi connectivity index (χ3v) is 14.1. The Balaban J connectivity index is 1.16. The second-order valence-electron chi connectivity index (χ2n) is 18.1. The van der Waals surface area contributed by atoms with Crippen LogP contribution in [0.15, 0.2) is 66.0 Å². The van der Waals surface area contributed by atoms with Gasteiger partial charge in [0.15, 0.2) is 23.0 Å². The number of hydrogen-bond acceptors (Lipinski definition) is 14. The molecule has 0 unspecified atom stereocenters. The molecule has 0 bridgehead atoms. The van der Waals surface area contributed by atoms with Gasteiger partial charge in [0.2, 0.25) is 5.75 Å². The third kappa shape index (κ3) is 9.11. The van der Waals surface area contributed by atoms with Crippen LogP contribution in [-0.2, 0) is 16.0 Å². The number of aliphatic carboxylic acids is 1. The van der Waals surface area contributed by atoms with Crippen molar-refractivity contribution in [1.82, 2.24) is 16.0 Å². The molecular formula is C47H66N4O11. The number of benzene rings is 2. The average Bonchev–Trinajstić information content (AvgIpc) is 3.88. The van der Waals surface area contributed by atoms with Crippen molar-refractivity contribution in [3.8, 4) is 28.7 Å². The lowest BCUT2D eigenvalue weighted by Crippen LogP contribution is -2.69. The molecule has 15 heteroatoms. The number of nitrogens with two attached hydrogens (primary N) is 1. The largest absolute Gasteiger partial charge is 0.504 e. The third-order valence-electron chi connectivity index (χ3n) is 14.1. The summed E-state index contributed by atoms with van der Waals surface area (Å²) >= 11 is 0. The molecule has 10 atom stereocenters. The molecule has 15 nitrogen and oxygen atoms in total. The van der Waals surface area contributed by atoms with E-state index in [1.165, 1.54) is 7.11 Å². The van der Waals surface area contributed by atoms with Crippen LogP contribution in [0.1, 0.15) is 82.4 Å². The van der Waals surface area contributed by atoms with Crippen molar-refractivity contribution in [2.24, 2.45) is 34.3 Å². The van der Waals surface area contributed by atoms with Gasteiger partial charge in [-0.05, 0) is 111 Å². The lowest BCUT2D eigenvalue weighted by atomic mass is 9.46. The zero-order chi connectivity index (χ0) is 44.2. The number of phenols is 2. The number of aromatic hydroxyl groups is 2. The summed E-state index contributed by atoms with van der Waals surface area (Å²) < 4.78 is 24.9. The fourth-order valence-corrected chi connectivity index (χ4v) is 11.6. The van der Waals surface area contributed by atoms with Gasteiger partial charge in [-0.25, -0.2) is 0 Å². The van der Waals surface area contributed by atoms with Gasteiger partial charge in [-0.2, -0.15) is 0 Å². The van der Waals surface area contributed by atoms with Crippen molar-refractivity contribution in [3.05, 3.63) is 77.2 Å². The van der Waals surface area contributed by atoms with Crippen molar-refractivity contribution in [2.75, 3.05) is 40.1 Å². The molecule has 11 N–H and O–H groups in total. The molecule has 2 saturated heterocycles. The minimum absolute atomic E-state index is 0.00641. The van der Waals surface area contributed by atoms with E-state index < -0.39 is 47.6 Å². The Kier molecular flexibility index (Phi) is 14.3. The van der Waals surface area contributed by atoms with Crippen LogP contribution in [0.4, 0.5) is 0 Å². The Bertz CT molecular complexity index is 1980. The van der Waals surface area contributed by atoms with Crippen LogP contribution < -0.4 is 35.9 Å². The number of nitrogens with one attached hydrogen (secondary N) is 3. The van der Waals surface area contributed by atoms with Crippen LogP contribution in [0.5, 0.6) is 28.7 Å². The number of hydrogen-bond donors (Lipinski definition) is 10. The van der Waals surface area contributed by atoms with Crippen molar-refractivity contribution < 1.29 is 54.4 Å². The van der Waals surface area contributed by atoms with Crippen molar-refractivity contribution >= 4 is 5.97 Å². The fraction of sp³-hybridized carbons (Fsp3) is 0.596. The highest BCUT2D eigenvalue weighted by Gasteiger charge is 2.68. The van der Waals surface area contributed by atoms with E-state index >= 15 is 0 Å². The monoisotopic (exact) mass is 862 g/mol. The number of aliphatic hydroxyl groups excluding tert-OH is 3. The summed E-state index contributed by atoms with van der Waals surface area (Å²) in [6.45, 7) is 4.68. The summed E-state index contributed by atoms with van der Waals surface area (Å²) in [5, 5.41) is 74.1. The summed E-state index contributed by atoms with van der Waals surface area (Å²) in [6.07, 6.45) is 11.8. The molecule has 5 aliphatic rings. The molecule has 0 radical (unpaired) electrons. The number of allylic oxidation sites excluding steroid dienone is 3. The summed E-state index contributed by atoms with van der Waals surface area (Å²) in [6, 6.07) is 8.15. The predicted molar refractivity (Wildman–Crippen MR) is 232 cm³/mol. The first-order valence-corrected chi connectivity index (χ1v) is 22.2. The standard InChI is InChI=1S/C47H66N4O11/c1-27-23-46(14-4-5-15-46)47(34(9-10-35(47)45(57)58)30-12-16-50-42(48)21-30)41(51-27)25-60-40-20-31(19-39(59-3)43(40)56)44-33(13-17-52)37(55)22-32(62-44)8-6-29-7-11-36(54)38(18-29)61-26-49-24-28(2)53/h7,9-12,18-21,27-28,32-35,37,41,44,49-56H,4-6,8,13-17,22-26,48H2,1-3H3,(H,57,58)/t27-,28-,32-,33+,34+,35-,37-,41-,44+,47+/m0/s1. The maximum atomic E-state index is 13.4. The summed E-state index contributed by atoms with van der Waals surface area (Å²) in [5.41, 5.74) is 7.68. The molecule has 3 fully saturated rings. The summed E-state index contributed by atoms with van der Waals surface area (Å²) in [5.74, 6) is -1.50. The molecule has 2 aromatic rings. The minimum Gasteiger partial charge on any atom is -0.504 e. The first kappa shape index (κ1) is 45.5. The van der Waals surface area contributed by atoms with Crippen LogP contribution in [-0.4, -0.2) is 107 Å². The molecule has 2 aromatic carbocycles. The molecule has 340 valence electrons. The highest BCUT2D eigenvalue weighted by atomic mass is 16.5. The number of ether oxygens (including phenoxy) is 4. The number of methoxy groups -OCH3 is 1. The molecule has 0 amide bonds. The molecule has 7 rings (SSSR count). The zero-order valence-corrected chi connectivity index (χ0v) is 36.1. The van der Waals surface area contributed by atoms with Crippen molar-refractivity contribution in [2.45, 2.75) is 108 Å². The van der Waals surface area contributed by atoms with E-state index in [-0.39, 0.29) is 72.8 Å². The Morgan fingerprint density at radius 1 is 1.08 bits per heavy atom. The quantitative estimate of drug-likeness (QED) is 0.0612. The van der Waals surface area contributed by atoms with E-state index in [2.05, 4.69) is 35.0 Å². The maximum absolute atomic E-state index is 13.4. The first-order chi connectivity index (χ1) is 29.8. The highest BCUT2D eigenvalue weighted by molar-refractivity contribution is 5.75. The van der Waals surface area contributed by atoms with Crippen molar-refractivity contribution in [3.63, 3.8) is 0 Å². The minimum atomic E-state index is -0.882. The van der Waals surface area contributed by atoms with Gasteiger partial charge in [-0.3, -0.25) is 10.1 Å². The molecule has 0 aromatic heterocycles. The van der Waals surface area contributed by atoms with Crippen LogP contribution in [0.25, 0.3) is 0 Å². The van der Waals surface area contributed by atoms with Gasteiger partial charge in [-0.15, -0.1) is 0 Å². The van der Waals surface area contributed by atoms with Gasteiger partial charge in [0.25, 0.3) is 0 Å². The van der Waals surface area contributed by atoms with Gasteiger partial charge in [0.1, 0.15) is 13.3 Å². The second-order valence-corrected chi connectivity index (χ2v) is 18.1. The Morgan fingerprint density at radius 2 is 1.85 bits per heavy atom. The predicted octanol–water partition coefficient (Wildman–Crippen LogP) is 4.13. The molecule has 2 aliphatic carbocycles. The van der Waals surface area contributed by atoms with Crippen LogP contribution in [0, 0.1) is 28.6 Å². The molecule has 1 saturated carbocycles. The number of aliphatic hydroxyl groups is 3. The average molecular weight is 863 g/mol. The number of carboxylic acids is 1. The Hall–Kier alpha value is -4.51. The van der Waals surface area contributed by atoms with Crippen LogP contribution in [0.3, 0.4) is 0 Å². The second kappa shape index (κ2) is 19.5. The van der Waals surface area contributed by atoms with Gasteiger partial charge in [0.05, 0.1) is 43.3 Å². The number of fused-ring (bicyclic) bond motifs is 1. The molecular weight excluding hydrogens is 797 g/mol. The molecule has 3 heterocycles. The van der Waals surface area contributed by atoms with E-state index in [4.69, 9.17) is 24.7 Å². The van der Waals surface area contributed by atoms with E-state index in [0.29, 0.717) is 49.5 Å². The lowest BCUT2D eigenvalue weighted by Gasteiger charge is -2.61. The van der Waals surface area contributed by atoms with Crippen LogP contribution >= 0.6 is 0 Å². The van der Waals surface area contributed by atoms with Crippen molar-refractivity contribution in [1.29, 1.82) is 0 Å². The van der Waals surface area contributed by atoms with E-state index in [9.17, 15) is 35.4 Å². The lowest BCUT2D eigenvalue weighted by molar-refractivity contribution is -0.160. The first-order valence-electron chi connectivity index (χ1n) is 22.2. The van der Waals surface area contributed by atoms with Gasteiger partial charge < -0.3 is 66.0 Å². The zero-order valence-electron chi connectivity index (χ0n) is 36.1. The highest BCUT2D eigenvalue weighted by Crippen LogP contribution is 2.68. The van der Waals surface area contributed by atoms with E-state index in [1.807, 2.05) is 18.2 Å². The van der Waals surface area contributed by atoms with Gasteiger partial charge >= 0.3 is 5.97 Å². The smallest absolute Gasteiger partial charge is 0.311 e. The number of phenolic OH excluding ortho intramolecular Hbond substituents is 2. The number of piperidine rings is 1. The Morgan fingerprint density at radius 3 is 2.56 bits per heavy atom. The number of aryl methyl sites for hydroxylation is 1. The van der Waals surface area contributed by atoms with Gasteiger partial charge in [-0.1, -0.05) is 37.1 Å². The molecule has 2 spiro atoms. The normalized spacial score (nSPS) is 30.7. The molecule has 62 heavy (non-hydrogen) atoms. The summed E-state index contributed by atoms with van der Waals surface area (Å²) in [7, 11) is 1.45. The van der Waals surface area contributed by atoms with Crippen LogP contribution in [0.2, 0.25) is 0 Å². The number of dihydropyridines is 1. The maximum Gasteiger partial charge on any atom is 0.311 e. The topological polar surface area (TPSA) is 237 Å². The SMILES string of the molecule is COc1cc([C@H]2O[C@@H](CCc3ccc(O)c(OCNC[C@H](C)O)c3)C[C@H](O)[C@H]2CCO)cc(OC[C@@H]2N[C@@H](C)CC3(CCCC3)[C@@]23[C@@H](C2=CCNC(N)=C2)C=C[C@H]3C(=O)O)c1O. The summed E-state index contributed by atoms with van der Waals surface area (Å²) in [4.78, 5) is 13.4. The number of carbonyl (C=O) groups is 1. The van der Waals surface area contributed by atoms with Gasteiger partial charge in [0, 0.05) is 49.0 Å². The number of rotatable bonds is 17. The van der Waals surface area contributed by atoms with E-state index in [0.717, 1.165) is 43.2 Å².